The lowest BCUT2D eigenvalue weighted by Gasteiger charge is -2.34. The van der Waals surface area contributed by atoms with E-state index < -0.39 is 0 Å². The fourth-order valence-corrected chi connectivity index (χ4v) is 3.47. The molecule has 2 aliphatic rings. The Morgan fingerprint density at radius 2 is 1.68 bits per heavy atom. The maximum absolute atomic E-state index is 12.4. The Balaban J connectivity index is 1.24. The van der Waals surface area contributed by atoms with Gasteiger partial charge in [0.25, 0.3) is 5.91 Å². The summed E-state index contributed by atoms with van der Waals surface area (Å²) >= 11 is 0. The third-order valence-corrected chi connectivity index (χ3v) is 5.12. The molecule has 0 unspecified atom stereocenters. The van der Waals surface area contributed by atoms with Crippen LogP contribution in [-0.4, -0.2) is 61.7 Å². The highest BCUT2D eigenvalue weighted by Gasteiger charge is 2.22. The Morgan fingerprint density at radius 1 is 0.964 bits per heavy atom. The smallest absolute Gasteiger partial charge is 0.260 e. The van der Waals surface area contributed by atoms with Crippen molar-refractivity contribution in [1.29, 1.82) is 0 Å². The molecule has 28 heavy (non-hydrogen) atoms. The summed E-state index contributed by atoms with van der Waals surface area (Å²) < 4.78 is 16.9. The second kappa shape index (κ2) is 8.52. The summed E-state index contributed by atoms with van der Waals surface area (Å²) in [5.74, 6) is 2.42. The Morgan fingerprint density at radius 3 is 2.43 bits per heavy atom. The van der Waals surface area contributed by atoms with Gasteiger partial charge in [-0.05, 0) is 36.8 Å². The number of rotatable bonds is 5. The number of nitrogens with zero attached hydrogens (tertiary/aromatic N) is 2. The molecule has 1 saturated heterocycles. The van der Waals surface area contributed by atoms with E-state index in [-0.39, 0.29) is 12.5 Å². The Kier molecular flexibility index (Phi) is 5.67. The van der Waals surface area contributed by atoms with Crippen molar-refractivity contribution in [1.82, 2.24) is 9.80 Å². The molecule has 0 bridgehead atoms. The molecule has 0 atom stereocenters. The number of fused-ring (bicyclic) bond motifs is 1. The minimum atomic E-state index is 0.0413. The first kappa shape index (κ1) is 18.6. The third-order valence-electron chi connectivity index (χ3n) is 5.12. The zero-order valence-electron chi connectivity index (χ0n) is 16.2. The summed E-state index contributed by atoms with van der Waals surface area (Å²) in [6, 6.07) is 13.9. The van der Waals surface area contributed by atoms with Crippen molar-refractivity contribution in [3.05, 3.63) is 53.6 Å². The number of aryl methyl sites for hydroxylation is 1. The molecule has 148 valence electrons. The molecule has 0 saturated carbocycles. The topological polar surface area (TPSA) is 51.2 Å². The summed E-state index contributed by atoms with van der Waals surface area (Å²) in [4.78, 5) is 16.7. The number of carbonyl (C=O) groups excluding carboxylic acids is 1. The van der Waals surface area contributed by atoms with Crippen molar-refractivity contribution in [3.8, 4) is 17.2 Å². The average Bonchev–Trinajstić information content (AvgIpc) is 2.73. The number of hydrogen-bond acceptors (Lipinski definition) is 5. The Bertz CT molecular complexity index is 814. The van der Waals surface area contributed by atoms with E-state index in [1.807, 2.05) is 42.2 Å². The summed E-state index contributed by atoms with van der Waals surface area (Å²) in [6.45, 7) is 7.32. The maximum Gasteiger partial charge on any atom is 0.260 e. The van der Waals surface area contributed by atoms with Crippen LogP contribution in [-0.2, 0) is 11.3 Å². The molecule has 2 aromatic carbocycles. The van der Waals surface area contributed by atoms with E-state index in [0.717, 1.165) is 50.0 Å². The number of carbonyl (C=O) groups is 1. The first-order valence-corrected chi connectivity index (χ1v) is 9.75. The lowest BCUT2D eigenvalue weighted by atomic mass is 10.1. The highest BCUT2D eigenvalue weighted by molar-refractivity contribution is 5.77. The fourth-order valence-electron chi connectivity index (χ4n) is 3.47. The quantitative estimate of drug-likeness (QED) is 0.795. The molecule has 0 aliphatic carbocycles. The van der Waals surface area contributed by atoms with Crippen molar-refractivity contribution >= 4 is 5.91 Å². The normalized spacial score (nSPS) is 16.7. The molecule has 1 amide bonds. The first-order chi connectivity index (χ1) is 13.7. The van der Waals surface area contributed by atoms with E-state index in [9.17, 15) is 4.79 Å². The van der Waals surface area contributed by atoms with Gasteiger partial charge in [-0.3, -0.25) is 9.69 Å². The molecule has 0 radical (unpaired) electrons. The number of amides is 1. The number of ether oxygens (including phenoxy) is 3. The minimum Gasteiger partial charge on any atom is -0.486 e. The van der Waals surface area contributed by atoms with Crippen LogP contribution < -0.4 is 14.2 Å². The molecule has 2 heterocycles. The molecule has 6 nitrogen and oxygen atoms in total. The molecule has 2 aromatic rings. The van der Waals surface area contributed by atoms with Gasteiger partial charge in [-0.15, -0.1) is 0 Å². The van der Waals surface area contributed by atoms with Crippen LogP contribution in [0.2, 0.25) is 0 Å². The van der Waals surface area contributed by atoms with Crippen LogP contribution in [0.25, 0.3) is 0 Å². The second-order valence-electron chi connectivity index (χ2n) is 7.24. The SMILES string of the molecule is Cc1ccc(OCC(=O)N2CCN(Cc3ccc4c(c3)OCCO4)CC2)cc1. The largest absolute Gasteiger partial charge is 0.486 e. The zero-order chi connectivity index (χ0) is 19.3. The van der Waals surface area contributed by atoms with E-state index >= 15 is 0 Å². The van der Waals surface area contributed by atoms with Gasteiger partial charge in [-0.1, -0.05) is 23.8 Å². The Hall–Kier alpha value is -2.73. The monoisotopic (exact) mass is 382 g/mol. The molecule has 0 spiro atoms. The van der Waals surface area contributed by atoms with Gasteiger partial charge in [-0.25, -0.2) is 0 Å². The lowest BCUT2D eigenvalue weighted by molar-refractivity contribution is -0.135. The number of hydrogen-bond donors (Lipinski definition) is 0. The van der Waals surface area contributed by atoms with E-state index in [1.165, 1.54) is 11.1 Å². The van der Waals surface area contributed by atoms with Crippen LogP contribution in [0.5, 0.6) is 17.2 Å². The van der Waals surface area contributed by atoms with Gasteiger partial charge in [0.2, 0.25) is 0 Å². The summed E-state index contributed by atoms with van der Waals surface area (Å²) in [6.07, 6.45) is 0. The van der Waals surface area contributed by atoms with Gasteiger partial charge in [0, 0.05) is 32.7 Å². The van der Waals surface area contributed by atoms with Crippen molar-refractivity contribution in [2.24, 2.45) is 0 Å². The number of benzene rings is 2. The van der Waals surface area contributed by atoms with Crippen molar-refractivity contribution < 1.29 is 19.0 Å². The van der Waals surface area contributed by atoms with E-state index in [0.29, 0.717) is 13.2 Å². The molecule has 0 aromatic heterocycles. The number of piperazine rings is 1. The van der Waals surface area contributed by atoms with Gasteiger partial charge in [0.1, 0.15) is 19.0 Å². The van der Waals surface area contributed by atoms with Crippen LogP contribution in [0.1, 0.15) is 11.1 Å². The zero-order valence-corrected chi connectivity index (χ0v) is 16.2. The van der Waals surface area contributed by atoms with E-state index in [2.05, 4.69) is 17.0 Å². The predicted octanol–water partition coefficient (Wildman–Crippen LogP) is 2.49. The summed E-state index contributed by atoms with van der Waals surface area (Å²) in [5.41, 5.74) is 2.37. The molecule has 1 fully saturated rings. The maximum atomic E-state index is 12.4. The predicted molar refractivity (Wildman–Crippen MR) is 106 cm³/mol. The molecule has 4 rings (SSSR count). The van der Waals surface area contributed by atoms with E-state index in [1.54, 1.807) is 0 Å². The lowest BCUT2D eigenvalue weighted by Crippen LogP contribution is -2.49. The molecular weight excluding hydrogens is 356 g/mol. The van der Waals surface area contributed by atoms with Crippen LogP contribution in [0.3, 0.4) is 0 Å². The highest BCUT2D eigenvalue weighted by atomic mass is 16.6. The standard InChI is InChI=1S/C22H26N2O4/c1-17-2-5-19(6-3-17)28-16-22(25)24-10-8-23(9-11-24)15-18-4-7-20-21(14-18)27-13-12-26-20/h2-7,14H,8-13,15-16H2,1H3. The van der Waals surface area contributed by atoms with Crippen molar-refractivity contribution in [2.45, 2.75) is 13.5 Å². The summed E-state index contributed by atoms with van der Waals surface area (Å²) in [5, 5.41) is 0. The van der Waals surface area contributed by atoms with Crippen LogP contribution >= 0.6 is 0 Å². The van der Waals surface area contributed by atoms with E-state index in [4.69, 9.17) is 14.2 Å². The Labute approximate surface area is 165 Å². The minimum absolute atomic E-state index is 0.0413. The van der Waals surface area contributed by atoms with Gasteiger partial charge in [-0.2, -0.15) is 0 Å². The van der Waals surface area contributed by atoms with Crippen LogP contribution in [0.15, 0.2) is 42.5 Å². The molecular formula is C22H26N2O4. The van der Waals surface area contributed by atoms with Gasteiger partial charge < -0.3 is 19.1 Å². The van der Waals surface area contributed by atoms with Gasteiger partial charge >= 0.3 is 0 Å². The molecule has 0 N–H and O–H groups in total. The van der Waals surface area contributed by atoms with Crippen LogP contribution in [0, 0.1) is 6.92 Å². The van der Waals surface area contributed by atoms with Gasteiger partial charge in [0.15, 0.2) is 18.1 Å². The van der Waals surface area contributed by atoms with Crippen LogP contribution in [0.4, 0.5) is 0 Å². The molecule has 6 heteroatoms. The highest BCUT2D eigenvalue weighted by Crippen LogP contribution is 2.31. The van der Waals surface area contributed by atoms with Crippen molar-refractivity contribution in [2.75, 3.05) is 46.0 Å². The second-order valence-corrected chi connectivity index (χ2v) is 7.24. The molecule has 2 aliphatic heterocycles. The first-order valence-electron chi connectivity index (χ1n) is 9.75. The average molecular weight is 382 g/mol. The summed E-state index contributed by atoms with van der Waals surface area (Å²) in [7, 11) is 0. The fraction of sp³-hybridized carbons (Fsp3) is 0.409. The third kappa shape index (κ3) is 4.57. The van der Waals surface area contributed by atoms with Crippen molar-refractivity contribution in [3.63, 3.8) is 0 Å². The van der Waals surface area contributed by atoms with Gasteiger partial charge in [0.05, 0.1) is 0 Å².